The summed E-state index contributed by atoms with van der Waals surface area (Å²) in [6.07, 6.45) is 0. The van der Waals surface area contributed by atoms with Gasteiger partial charge in [0.05, 0.1) is 11.2 Å². The average molecular weight is 624 g/mol. The van der Waals surface area contributed by atoms with Crippen LogP contribution in [0.1, 0.15) is 11.3 Å². The first-order valence-corrected chi connectivity index (χ1v) is 17.1. The fourth-order valence-corrected chi connectivity index (χ4v) is 8.47. The molecule has 0 aliphatic carbocycles. The number of hydrogen-bond donors (Lipinski definition) is 0. The normalized spacial score (nSPS) is 11.9. The van der Waals surface area contributed by atoms with E-state index in [9.17, 15) is 0 Å². The number of nitrogens with zero attached hydrogens (tertiary/aromatic N) is 1. The van der Waals surface area contributed by atoms with Crippen molar-refractivity contribution in [3.8, 4) is 27.9 Å². The SMILES string of the molecule is Cc1c(C)n(-c2c3ccccc3c(-c3ccccc3)c3ccccc23)c2c1ccc1c3cccc(-c4cccc5ccccc45)c3ccc12. The van der Waals surface area contributed by atoms with Gasteiger partial charge in [-0.25, -0.2) is 0 Å². The lowest BCUT2D eigenvalue weighted by Gasteiger charge is -2.20. The Morgan fingerprint density at radius 1 is 0.347 bits per heavy atom. The molecule has 0 spiro atoms. The van der Waals surface area contributed by atoms with Crippen molar-refractivity contribution in [1.29, 1.82) is 0 Å². The Hall–Kier alpha value is -6.18. The molecule has 0 amide bonds. The van der Waals surface area contributed by atoms with Gasteiger partial charge in [0.1, 0.15) is 0 Å². The van der Waals surface area contributed by atoms with E-state index >= 15 is 0 Å². The number of hydrogen-bond acceptors (Lipinski definition) is 0. The van der Waals surface area contributed by atoms with Gasteiger partial charge < -0.3 is 4.57 Å². The molecule has 0 fully saturated rings. The average Bonchev–Trinajstić information content (AvgIpc) is 3.42. The smallest absolute Gasteiger partial charge is 0.0616 e. The first-order chi connectivity index (χ1) is 24.2. The van der Waals surface area contributed by atoms with Gasteiger partial charge in [-0.15, -0.1) is 0 Å². The van der Waals surface area contributed by atoms with Crippen LogP contribution < -0.4 is 0 Å². The molecule has 10 aromatic rings. The molecule has 1 nitrogen and oxygen atoms in total. The van der Waals surface area contributed by atoms with Crippen LogP contribution in [0.25, 0.3) is 92.7 Å². The maximum atomic E-state index is 2.56. The third-order valence-corrected chi connectivity index (χ3v) is 10.8. The van der Waals surface area contributed by atoms with Gasteiger partial charge >= 0.3 is 0 Å². The van der Waals surface area contributed by atoms with E-state index < -0.39 is 0 Å². The fourth-order valence-electron chi connectivity index (χ4n) is 8.47. The predicted molar refractivity (Wildman–Crippen MR) is 211 cm³/mol. The molecule has 0 saturated heterocycles. The Bertz CT molecular complexity index is 2880. The Kier molecular flexibility index (Phi) is 6.07. The number of fused-ring (bicyclic) bond motifs is 8. The molecule has 0 radical (unpaired) electrons. The summed E-state index contributed by atoms with van der Waals surface area (Å²) in [6, 6.07) is 60.3. The number of rotatable bonds is 3. The van der Waals surface area contributed by atoms with Gasteiger partial charge in [0, 0.05) is 27.2 Å². The van der Waals surface area contributed by atoms with Gasteiger partial charge in [0.15, 0.2) is 0 Å². The number of aryl methyl sites for hydroxylation is 1. The molecule has 49 heavy (non-hydrogen) atoms. The first kappa shape index (κ1) is 27.9. The van der Waals surface area contributed by atoms with Crippen molar-refractivity contribution < 1.29 is 0 Å². The van der Waals surface area contributed by atoms with E-state index in [0.29, 0.717) is 0 Å². The second kappa shape index (κ2) is 10.7. The highest BCUT2D eigenvalue weighted by atomic mass is 15.0. The monoisotopic (exact) mass is 623 g/mol. The van der Waals surface area contributed by atoms with E-state index in [1.807, 2.05) is 0 Å². The van der Waals surface area contributed by atoms with Gasteiger partial charge in [-0.1, -0.05) is 164 Å². The highest BCUT2D eigenvalue weighted by molar-refractivity contribution is 6.23. The minimum atomic E-state index is 1.24. The van der Waals surface area contributed by atoms with Crippen LogP contribution in [0.15, 0.2) is 164 Å². The number of benzene rings is 9. The first-order valence-electron chi connectivity index (χ1n) is 17.1. The molecule has 10 rings (SSSR count). The van der Waals surface area contributed by atoms with Crippen molar-refractivity contribution >= 4 is 64.8 Å². The largest absolute Gasteiger partial charge is 0.312 e. The molecule has 0 saturated carbocycles. The summed E-state index contributed by atoms with van der Waals surface area (Å²) in [5.41, 5.74) is 10.2. The Labute approximate surface area is 285 Å². The topological polar surface area (TPSA) is 4.93 Å². The van der Waals surface area contributed by atoms with Crippen LogP contribution in [0.5, 0.6) is 0 Å². The maximum Gasteiger partial charge on any atom is 0.0616 e. The van der Waals surface area contributed by atoms with Crippen LogP contribution in [0, 0.1) is 13.8 Å². The lowest BCUT2D eigenvalue weighted by Crippen LogP contribution is -2.01. The Balaban J connectivity index is 1.32. The van der Waals surface area contributed by atoms with Gasteiger partial charge in [-0.2, -0.15) is 0 Å². The van der Waals surface area contributed by atoms with E-state index in [1.54, 1.807) is 0 Å². The molecule has 9 aromatic carbocycles. The summed E-state index contributed by atoms with van der Waals surface area (Å²) in [5.74, 6) is 0. The molecule has 1 aromatic heterocycles. The Morgan fingerprint density at radius 3 is 1.57 bits per heavy atom. The van der Waals surface area contributed by atoms with Crippen molar-refractivity contribution in [2.75, 3.05) is 0 Å². The summed E-state index contributed by atoms with van der Waals surface area (Å²) in [6.45, 7) is 4.57. The minimum absolute atomic E-state index is 1.24. The molecule has 0 unspecified atom stereocenters. The molecule has 230 valence electrons. The molecule has 0 aliphatic heterocycles. The lowest BCUT2D eigenvalue weighted by molar-refractivity contribution is 1.06. The molecule has 0 aliphatic rings. The zero-order valence-electron chi connectivity index (χ0n) is 27.5. The van der Waals surface area contributed by atoms with Gasteiger partial charge in [-0.3, -0.25) is 0 Å². The van der Waals surface area contributed by atoms with Crippen molar-refractivity contribution in [3.05, 3.63) is 175 Å². The van der Waals surface area contributed by atoms with Crippen molar-refractivity contribution in [2.45, 2.75) is 13.8 Å². The van der Waals surface area contributed by atoms with E-state index in [4.69, 9.17) is 0 Å². The van der Waals surface area contributed by atoms with Crippen LogP contribution in [-0.4, -0.2) is 4.57 Å². The van der Waals surface area contributed by atoms with Crippen molar-refractivity contribution in [3.63, 3.8) is 0 Å². The summed E-state index contributed by atoms with van der Waals surface area (Å²) in [4.78, 5) is 0. The van der Waals surface area contributed by atoms with Crippen LogP contribution in [-0.2, 0) is 0 Å². The zero-order chi connectivity index (χ0) is 32.6. The summed E-state index contributed by atoms with van der Waals surface area (Å²) in [7, 11) is 0. The van der Waals surface area contributed by atoms with E-state index in [1.165, 1.54) is 104 Å². The second-order valence-electron chi connectivity index (χ2n) is 13.3. The van der Waals surface area contributed by atoms with Crippen LogP contribution in [0.4, 0.5) is 0 Å². The van der Waals surface area contributed by atoms with Gasteiger partial charge in [-0.05, 0) is 79.4 Å². The minimum Gasteiger partial charge on any atom is -0.312 e. The molecule has 1 heterocycles. The summed E-state index contributed by atoms with van der Waals surface area (Å²) < 4.78 is 2.56. The van der Waals surface area contributed by atoms with Gasteiger partial charge in [0.25, 0.3) is 0 Å². The maximum absolute atomic E-state index is 2.56. The molecule has 0 atom stereocenters. The highest BCUT2D eigenvalue weighted by Gasteiger charge is 2.22. The quantitative estimate of drug-likeness (QED) is 0.136. The second-order valence-corrected chi connectivity index (χ2v) is 13.3. The summed E-state index contributed by atoms with van der Waals surface area (Å²) >= 11 is 0. The molecule has 1 heteroatoms. The molecular formula is C48H33N. The van der Waals surface area contributed by atoms with E-state index in [0.717, 1.165) is 0 Å². The molecule has 0 bridgehead atoms. The van der Waals surface area contributed by atoms with Crippen molar-refractivity contribution in [2.24, 2.45) is 0 Å². The third kappa shape index (κ3) is 4.00. The Morgan fingerprint density at radius 2 is 0.837 bits per heavy atom. The standard InChI is InChI=1S/C48H33N/c1-30-31(2)49(48-43-21-10-8-19-41(43)46(33-15-4-3-5-16-33)42-20-9-11-22-44(42)48)47-34(30)26-27-40-38-25-13-24-37(39(38)28-29-45(40)47)36-23-12-17-32-14-6-7-18-35(32)36/h3-29H,1-2H3. The van der Waals surface area contributed by atoms with E-state index in [-0.39, 0.29) is 0 Å². The van der Waals surface area contributed by atoms with Crippen LogP contribution >= 0.6 is 0 Å². The molecular weight excluding hydrogens is 591 g/mol. The number of aromatic nitrogens is 1. The molecule has 0 N–H and O–H groups in total. The van der Waals surface area contributed by atoms with Gasteiger partial charge in [0.2, 0.25) is 0 Å². The van der Waals surface area contributed by atoms with Crippen molar-refractivity contribution in [1.82, 2.24) is 4.57 Å². The lowest BCUT2D eigenvalue weighted by atomic mass is 9.90. The van der Waals surface area contributed by atoms with Crippen LogP contribution in [0.3, 0.4) is 0 Å². The predicted octanol–water partition coefficient (Wildman–Crippen LogP) is 13.3. The fraction of sp³-hybridized carbons (Fsp3) is 0.0417. The van der Waals surface area contributed by atoms with E-state index in [2.05, 4.69) is 182 Å². The highest BCUT2D eigenvalue weighted by Crippen LogP contribution is 2.45. The third-order valence-electron chi connectivity index (χ3n) is 10.8. The zero-order valence-corrected chi connectivity index (χ0v) is 27.5. The van der Waals surface area contributed by atoms with Crippen LogP contribution in [0.2, 0.25) is 0 Å². The summed E-state index contributed by atoms with van der Waals surface area (Å²) in [5, 5.41) is 14.0.